The fourth-order valence-electron chi connectivity index (χ4n) is 4.08. The maximum Gasteiger partial charge on any atom is 0.573 e. The van der Waals surface area contributed by atoms with Gasteiger partial charge in [-0.2, -0.15) is 18.3 Å². The lowest BCUT2D eigenvalue weighted by Gasteiger charge is -2.41. The highest BCUT2D eigenvalue weighted by atomic mass is 19.4. The van der Waals surface area contributed by atoms with Gasteiger partial charge in [0.2, 0.25) is 5.91 Å². The third-order valence-electron chi connectivity index (χ3n) is 5.30. The lowest BCUT2D eigenvalue weighted by Crippen LogP contribution is -2.49. The number of benzene rings is 2. The van der Waals surface area contributed by atoms with Crippen LogP contribution >= 0.6 is 0 Å². The first-order valence-corrected chi connectivity index (χ1v) is 10.1. The molecule has 2 aromatic carbocycles. The van der Waals surface area contributed by atoms with Crippen LogP contribution in [0.25, 0.3) is 0 Å². The van der Waals surface area contributed by atoms with Crippen LogP contribution in [0.2, 0.25) is 0 Å². The Morgan fingerprint density at radius 1 is 1.11 bits per heavy atom. The van der Waals surface area contributed by atoms with E-state index in [9.17, 15) is 40.3 Å². The van der Waals surface area contributed by atoms with Crippen LogP contribution in [0.5, 0.6) is 5.75 Å². The lowest BCUT2D eigenvalue weighted by atomic mass is 9.79. The number of carbonyl (C=O) groups excluding carboxylic acids is 2. The number of alkyl halides is 6. The molecule has 1 aromatic heterocycles. The van der Waals surface area contributed by atoms with Crippen LogP contribution < -0.4 is 10.1 Å². The number of fused-ring (bicyclic) bond motifs is 1. The van der Waals surface area contributed by atoms with Crippen molar-refractivity contribution >= 4 is 17.5 Å². The van der Waals surface area contributed by atoms with Gasteiger partial charge in [0.15, 0.2) is 0 Å². The average Bonchev–Trinajstić information content (AvgIpc) is 3.27. The van der Waals surface area contributed by atoms with Crippen molar-refractivity contribution in [1.29, 1.82) is 0 Å². The second kappa shape index (κ2) is 9.17. The van der Waals surface area contributed by atoms with Crippen LogP contribution in [0.3, 0.4) is 0 Å². The first kappa shape index (κ1) is 25.0. The van der Waals surface area contributed by atoms with Gasteiger partial charge in [0, 0.05) is 35.1 Å². The molecule has 0 aliphatic carbocycles. The zero-order valence-electron chi connectivity index (χ0n) is 17.8. The van der Waals surface area contributed by atoms with E-state index >= 15 is 0 Å². The molecule has 0 radical (unpaired) electrons. The van der Waals surface area contributed by atoms with E-state index in [4.69, 9.17) is 0 Å². The van der Waals surface area contributed by atoms with Gasteiger partial charge in [-0.15, -0.1) is 13.2 Å². The van der Waals surface area contributed by atoms with Gasteiger partial charge in [0.25, 0.3) is 5.91 Å². The molecule has 0 saturated heterocycles. The smallest absolute Gasteiger partial charge is 0.406 e. The molecule has 0 spiro atoms. The number of hydrogen-bond donors (Lipinski definition) is 2. The molecule has 4 rings (SSSR count). The van der Waals surface area contributed by atoms with E-state index in [2.05, 4.69) is 20.3 Å². The highest BCUT2D eigenvalue weighted by Crippen LogP contribution is 2.44. The summed E-state index contributed by atoms with van der Waals surface area (Å²) in [6, 6.07) is 5.86. The number of amides is 2. The molecule has 14 heteroatoms. The van der Waals surface area contributed by atoms with Gasteiger partial charge in [-0.3, -0.25) is 14.7 Å². The number of carbonyl (C=O) groups is 2. The Labute approximate surface area is 197 Å². The first-order chi connectivity index (χ1) is 16.8. The molecular formula is C22H15F7N4O3. The average molecular weight is 516 g/mol. The largest absolute Gasteiger partial charge is 0.573 e. The second-order valence-corrected chi connectivity index (χ2v) is 7.80. The number of halogens is 7. The van der Waals surface area contributed by atoms with Crippen molar-refractivity contribution in [3.8, 4) is 5.75 Å². The van der Waals surface area contributed by atoms with Gasteiger partial charge < -0.3 is 15.0 Å². The van der Waals surface area contributed by atoms with Crippen LogP contribution in [-0.4, -0.2) is 46.0 Å². The zero-order chi connectivity index (χ0) is 26.3. The van der Waals surface area contributed by atoms with Crippen molar-refractivity contribution in [3.63, 3.8) is 0 Å². The van der Waals surface area contributed by atoms with Gasteiger partial charge in [0.05, 0.1) is 18.2 Å². The minimum absolute atomic E-state index is 0.0718. The SMILES string of the molecule is O=C(Nc1cc(F)cc(OC(F)(F)F)c1)[C@@H]1c2ccccc2C(=O)N(CC(F)(F)F)[C@H]1c1cn[nH]c1. The van der Waals surface area contributed by atoms with E-state index < -0.39 is 60.1 Å². The predicted octanol–water partition coefficient (Wildman–Crippen LogP) is 4.93. The Bertz CT molecular complexity index is 1280. The van der Waals surface area contributed by atoms with Crippen molar-refractivity contribution in [2.24, 2.45) is 0 Å². The molecule has 0 saturated carbocycles. The van der Waals surface area contributed by atoms with E-state index in [0.717, 1.165) is 6.20 Å². The zero-order valence-corrected chi connectivity index (χ0v) is 17.8. The fraction of sp³-hybridized carbons (Fsp3) is 0.227. The Morgan fingerprint density at radius 2 is 1.83 bits per heavy atom. The van der Waals surface area contributed by atoms with Crippen LogP contribution in [0.15, 0.2) is 54.9 Å². The highest BCUT2D eigenvalue weighted by molar-refractivity contribution is 6.04. The predicted molar refractivity (Wildman–Crippen MR) is 109 cm³/mol. The third kappa shape index (κ3) is 5.42. The summed E-state index contributed by atoms with van der Waals surface area (Å²) >= 11 is 0. The van der Waals surface area contributed by atoms with E-state index in [0.29, 0.717) is 23.1 Å². The van der Waals surface area contributed by atoms with Crippen LogP contribution in [0.1, 0.15) is 33.4 Å². The number of aromatic nitrogens is 2. The number of aromatic amines is 1. The third-order valence-corrected chi connectivity index (χ3v) is 5.30. The minimum Gasteiger partial charge on any atom is -0.406 e. The Morgan fingerprint density at radius 3 is 2.47 bits per heavy atom. The molecule has 0 fully saturated rings. The molecule has 0 bridgehead atoms. The number of H-pyrrole nitrogens is 1. The highest BCUT2D eigenvalue weighted by Gasteiger charge is 2.48. The van der Waals surface area contributed by atoms with Crippen molar-refractivity contribution in [2.75, 3.05) is 11.9 Å². The maximum atomic E-state index is 13.9. The van der Waals surface area contributed by atoms with Gasteiger partial charge in [-0.25, -0.2) is 4.39 Å². The number of hydrogen-bond acceptors (Lipinski definition) is 4. The number of anilines is 1. The molecule has 2 heterocycles. The molecule has 7 nitrogen and oxygen atoms in total. The number of ether oxygens (including phenoxy) is 1. The molecule has 2 N–H and O–H groups in total. The molecule has 1 aliphatic rings. The molecule has 2 atom stereocenters. The van der Waals surface area contributed by atoms with Crippen molar-refractivity contribution in [3.05, 3.63) is 77.4 Å². The summed E-state index contributed by atoms with van der Waals surface area (Å²) in [6.07, 6.45) is -7.60. The van der Waals surface area contributed by atoms with Gasteiger partial charge >= 0.3 is 12.5 Å². The normalized spacial score (nSPS) is 18.1. The van der Waals surface area contributed by atoms with Gasteiger partial charge in [-0.05, 0) is 17.7 Å². The Kier molecular flexibility index (Phi) is 6.37. The molecular weight excluding hydrogens is 501 g/mol. The number of rotatable bonds is 5. The Hall–Kier alpha value is -4.10. The van der Waals surface area contributed by atoms with E-state index in [1.807, 2.05) is 0 Å². The standard InChI is InChI=1S/C22H15F7N4O3/c23-12-5-13(7-14(6-12)36-22(27,28)29)32-19(34)17-15-3-1-2-4-16(15)20(35)33(10-21(24,25)26)18(17)11-8-30-31-9-11/h1-9,17-18H,10H2,(H,30,31)(H,32,34)/t17-,18+/m1/s1. The maximum absolute atomic E-state index is 13.9. The Balaban J connectivity index is 1.78. The summed E-state index contributed by atoms with van der Waals surface area (Å²) in [7, 11) is 0. The molecule has 0 unspecified atom stereocenters. The van der Waals surface area contributed by atoms with Crippen LogP contribution in [-0.2, 0) is 4.79 Å². The topological polar surface area (TPSA) is 87.3 Å². The monoisotopic (exact) mass is 516 g/mol. The molecule has 3 aromatic rings. The number of nitrogens with one attached hydrogen (secondary N) is 2. The van der Waals surface area contributed by atoms with Crippen molar-refractivity contribution in [1.82, 2.24) is 15.1 Å². The second-order valence-electron chi connectivity index (χ2n) is 7.80. The fourth-order valence-corrected chi connectivity index (χ4v) is 4.08. The van der Waals surface area contributed by atoms with Crippen LogP contribution in [0.4, 0.5) is 36.4 Å². The summed E-state index contributed by atoms with van der Waals surface area (Å²) in [5, 5.41) is 8.35. The van der Waals surface area contributed by atoms with E-state index in [1.165, 1.54) is 30.5 Å². The quantitative estimate of drug-likeness (QED) is 0.471. The van der Waals surface area contributed by atoms with Crippen molar-refractivity contribution in [2.45, 2.75) is 24.5 Å². The summed E-state index contributed by atoms with van der Waals surface area (Å²) in [5.41, 5.74) is -0.459. The summed E-state index contributed by atoms with van der Waals surface area (Å²) in [4.78, 5) is 26.9. The van der Waals surface area contributed by atoms with Crippen LogP contribution in [0, 0.1) is 5.82 Å². The van der Waals surface area contributed by atoms with Gasteiger partial charge in [0.1, 0.15) is 18.1 Å². The van der Waals surface area contributed by atoms with Gasteiger partial charge in [-0.1, -0.05) is 18.2 Å². The molecule has 1 aliphatic heterocycles. The molecule has 190 valence electrons. The summed E-state index contributed by atoms with van der Waals surface area (Å²) < 4.78 is 95.7. The summed E-state index contributed by atoms with van der Waals surface area (Å²) in [6.45, 7) is -1.69. The molecule has 36 heavy (non-hydrogen) atoms. The first-order valence-electron chi connectivity index (χ1n) is 10.1. The lowest BCUT2D eigenvalue weighted by molar-refractivity contribution is -0.274. The summed E-state index contributed by atoms with van der Waals surface area (Å²) in [5.74, 6) is -5.57. The van der Waals surface area contributed by atoms with E-state index in [-0.39, 0.29) is 16.7 Å². The minimum atomic E-state index is -5.14. The van der Waals surface area contributed by atoms with E-state index in [1.54, 1.807) is 0 Å². The number of nitrogens with zero attached hydrogens (tertiary/aromatic N) is 2. The molecule has 2 amide bonds. The van der Waals surface area contributed by atoms with Crippen molar-refractivity contribution < 1.29 is 45.1 Å².